The molecule has 17 heavy (non-hydrogen) atoms. The van der Waals surface area contributed by atoms with Crippen molar-refractivity contribution in [3.8, 4) is 0 Å². The van der Waals surface area contributed by atoms with Crippen molar-refractivity contribution in [2.75, 3.05) is 0 Å². The Morgan fingerprint density at radius 3 is 2.71 bits per heavy atom. The molecule has 3 nitrogen and oxygen atoms in total. The van der Waals surface area contributed by atoms with E-state index in [1.165, 1.54) is 24.3 Å². The molecule has 0 aliphatic carbocycles. The molecule has 0 saturated heterocycles. The highest BCUT2D eigenvalue weighted by molar-refractivity contribution is 7.24. The number of hydrogen-bond acceptors (Lipinski definition) is 3. The maximum Gasteiger partial charge on any atom is 0.256 e. The van der Waals surface area contributed by atoms with Gasteiger partial charge in [-0.3, -0.25) is 14.0 Å². The molecule has 84 valence electrons. The van der Waals surface area contributed by atoms with Crippen LogP contribution in [0.2, 0.25) is 0 Å². The summed E-state index contributed by atoms with van der Waals surface area (Å²) in [6.07, 6.45) is 0. The third-order valence-corrected chi connectivity index (χ3v) is 3.90. The summed E-state index contributed by atoms with van der Waals surface area (Å²) < 4.78 is 2.62. The zero-order valence-corrected chi connectivity index (χ0v) is 9.95. The molecule has 0 aliphatic rings. The van der Waals surface area contributed by atoms with Gasteiger partial charge in [0.25, 0.3) is 5.56 Å². The fourth-order valence-corrected chi connectivity index (χ4v) is 3.17. The number of carbonyl (C=O) groups is 1. The van der Waals surface area contributed by atoms with Gasteiger partial charge in [0, 0.05) is 6.07 Å². The number of Topliss-reactive ketones (excluding diaryl/α,β-unsaturated/α-hetero) is 1. The van der Waals surface area contributed by atoms with E-state index in [0.29, 0.717) is 5.56 Å². The third-order valence-electron chi connectivity index (χ3n) is 2.74. The number of aromatic nitrogens is 1. The molecular weight excluding hydrogens is 234 g/mol. The fourth-order valence-electron chi connectivity index (χ4n) is 1.95. The Morgan fingerprint density at radius 1 is 1.18 bits per heavy atom. The van der Waals surface area contributed by atoms with Crippen LogP contribution < -0.4 is 5.56 Å². The monoisotopic (exact) mass is 243 g/mol. The minimum Gasteiger partial charge on any atom is -0.294 e. The summed E-state index contributed by atoms with van der Waals surface area (Å²) in [5, 5.41) is 0. The summed E-state index contributed by atoms with van der Waals surface area (Å²) in [6, 6.07) is 10.7. The van der Waals surface area contributed by atoms with E-state index in [4.69, 9.17) is 0 Å². The summed E-state index contributed by atoms with van der Waals surface area (Å²) in [6.45, 7) is 1.52. The lowest BCUT2D eigenvalue weighted by molar-refractivity contribution is 0.101. The van der Waals surface area contributed by atoms with E-state index in [2.05, 4.69) is 0 Å². The van der Waals surface area contributed by atoms with Crippen molar-refractivity contribution >= 4 is 32.2 Å². The van der Waals surface area contributed by atoms with Gasteiger partial charge < -0.3 is 0 Å². The number of pyridine rings is 1. The van der Waals surface area contributed by atoms with Gasteiger partial charge in [-0.2, -0.15) is 0 Å². The molecule has 3 rings (SSSR count). The van der Waals surface area contributed by atoms with Gasteiger partial charge in [0.15, 0.2) is 5.78 Å². The van der Waals surface area contributed by atoms with Crippen molar-refractivity contribution in [3.63, 3.8) is 0 Å². The van der Waals surface area contributed by atoms with Crippen LogP contribution in [0.5, 0.6) is 0 Å². The minimum atomic E-state index is -0.0950. The first kappa shape index (κ1) is 10.2. The lowest BCUT2D eigenvalue weighted by Gasteiger charge is -1.98. The Bertz CT molecular complexity index is 798. The first-order valence-electron chi connectivity index (χ1n) is 5.23. The van der Waals surface area contributed by atoms with Gasteiger partial charge >= 0.3 is 0 Å². The number of carbonyl (C=O) groups excluding carboxylic acids is 1. The number of para-hydroxylation sites is 1. The normalized spacial score (nSPS) is 11.1. The van der Waals surface area contributed by atoms with Crippen LogP contribution >= 0.6 is 11.3 Å². The van der Waals surface area contributed by atoms with E-state index in [-0.39, 0.29) is 11.3 Å². The van der Waals surface area contributed by atoms with Gasteiger partial charge in [0.2, 0.25) is 0 Å². The second kappa shape index (κ2) is 3.53. The van der Waals surface area contributed by atoms with Crippen LogP contribution in [0.15, 0.2) is 41.2 Å². The van der Waals surface area contributed by atoms with Crippen molar-refractivity contribution < 1.29 is 4.79 Å². The molecule has 2 heterocycles. The van der Waals surface area contributed by atoms with E-state index < -0.39 is 0 Å². The van der Waals surface area contributed by atoms with Crippen LogP contribution in [0, 0.1) is 0 Å². The summed E-state index contributed by atoms with van der Waals surface area (Å²) in [7, 11) is 0. The summed E-state index contributed by atoms with van der Waals surface area (Å²) in [5.74, 6) is -0.0194. The van der Waals surface area contributed by atoms with Crippen LogP contribution in [-0.2, 0) is 0 Å². The van der Waals surface area contributed by atoms with E-state index in [1.54, 1.807) is 10.5 Å². The minimum absolute atomic E-state index is 0.0194. The molecule has 0 unspecified atom stereocenters. The highest BCUT2D eigenvalue weighted by Crippen LogP contribution is 2.27. The zero-order chi connectivity index (χ0) is 12.0. The molecule has 0 aliphatic heterocycles. The molecule has 0 saturated carbocycles. The molecule has 3 aromatic rings. The first-order chi connectivity index (χ1) is 8.18. The van der Waals surface area contributed by atoms with Gasteiger partial charge in [-0.1, -0.05) is 12.1 Å². The average molecular weight is 243 g/mol. The van der Waals surface area contributed by atoms with Gasteiger partial charge in [-0.05, 0) is 25.1 Å². The van der Waals surface area contributed by atoms with E-state index >= 15 is 0 Å². The Morgan fingerprint density at radius 2 is 1.94 bits per heavy atom. The predicted molar refractivity (Wildman–Crippen MR) is 69.1 cm³/mol. The van der Waals surface area contributed by atoms with Gasteiger partial charge in [0.05, 0.1) is 15.8 Å². The molecule has 0 amide bonds. The topological polar surface area (TPSA) is 38.5 Å². The molecule has 0 atom stereocenters. The molecule has 2 aromatic heterocycles. The van der Waals surface area contributed by atoms with Gasteiger partial charge in [-0.25, -0.2) is 0 Å². The number of fused-ring (bicyclic) bond motifs is 3. The third kappa shape index (κ3) is 1.41. The van der Waals surface area contributed by atoms with Gasteiger partial charge in [-0.15, -0.1) is 11.3 Å². The molecule has 0 spiro atoms. The molecule has 0 radical (unpaired) electrons. The largest absolute Gasteiger partial charge is 0.294 e. The second-order valence-electron chi connectivity index (χ2n) is 3.85. The van der Waals surface area contributed by atoms with Crippen molar-refractivity contribution in [1.82, 2.24) is 4.40 Å². The van der Waals surface area contributed by atoms with Crippen LogP contribution in [0.3, 0.4) is 0 Å². The summed E-state index contributed by atoms with van der Waals surface area (Å²) in [5.41, 5.74) is 1.37. The fraction of sp³-hybridized carbons (Fsp3) is 0.0769. The number of thiazole rings is 1. The molecule has 1 aromatic carbocycles. The number of rotatable bonds is 1. The summed E-state index contributed by atoms with van der Waals surface area (Å²) in [4.78, 5) is 24.2. The first-order valence-corrected chi connectivity index (χ1v) is 6.04. The molecule has 4 heteroatoms. The smallest absolute Gasteiger partial charge is 0.256 e. The van der Waals surface area contributed by atoms with Crippen molar-refractivity contribution in [1.29, 1.82) is 0 Å². The number of hydrogen-bond donors (Lipinski definition) is 0. The highest BCUT2D eigenvalue weighted by Gasteiger charge is 2.12. The highest BCUT2D eigenvalue weighted by atomic mass is 32.1. The van der Waals surface area contributed by atoms with E-state index in [1.807, 2.05) is 24.3 Å². The molecular formula is C13H9NO2S. The average Bonchev–Trinajstić information content (AvgIpc) is 2.68. The lowest BCUT2D eigenvalue weighted by atomic mass is 10.2. The SMILES string of the molecule is CC(=O)c1ccc(=O)n2c1sc1ccccc12. The number of benzene rings is 1. The maximum atomic E-state index is 11.9. The van der Waals surface area contributed by atoms with Crippen LogP contribution in [0.25, 0.3) is 15.0 Å². The Labute approximate surface area is 101 Å². The summed E-state index contributed by atoms with van der Waals surface area (Å²) >= 11 is 1.47. The Kier molecular flexibility index (Phi) is 2.12. The standard InChI is InChI=1S/C13H9NO2S/c1-8(15)9-6-7-12(16)14-10-4-2-3-5-11(10)17-13(9)14/h2-7H,1H3. The van der Waals surface area contributed by atoms with Crippen LogP contribution in [0.1, 0.15) is 17.3 Å². The maximum absolute atomic E-state index is 11.9. The van der Waals surface area contributed by atoms with Crippen molar-refractivity contribution in [2.45, 2.75) is 6.92 Å². The second-order valence-corrected chi connectivity index (χ2v) is 4.88. The number of nitrogens with zero attached hydrogens (tertiary/aromatic N) is 1. The lowest BCUT2D eigenvalue weighted by Crippen LogP contribution is -2.12. The van der Waals surface area contributed by atoms with Gasteiger partial charge in [0.1, 0.15) is 4.83 Å². The van der Waals surface area contributed by atoms with Crippen LogP contribution in [-0.4, -0.2) is 10.2 Å². The Balaban J connectivity index is 2.63. The van der Waals surface area contributed by atoms with Crippen molar-refractivity contribution in [2.24, 2.45) is 0 Å². The van der Waals surface area contributed by atoms with Crippen LogP contribution in [0.4, 0.5) is 0 Å². The zero-order valence-electron chi connectivity index (χ0n) is 9.14. The predicted octanol–water partition coefficient (Wildman–Crippen LogP) is 2.72. The Hall–Kier alpha value is -1.94. The number of ketones is 1. The molecule has 0 N–H and O–H groups in total. The molecule has 0 bridgehead atoms. The molecule has 0 fully saturated rings. The van der Waals surface area contributed by atoms with E-state index in [9.17, 15) is 9.59 Å². The van der Waals surface area contributed by atoms with E-state index in [0.717, 1.165) is 15.0 Å². The van der Waals surface area contributed by atoms with Crippen molar-refractivity contribution in [3.05, 3.63) is 52.3 Å². The quantitative estimate of drug-likeness (QED) is 0.616.